The van der Waals surface area contributed by atoms with Crippen molar-refractivity contribution in [2.45, 2.75) is 17.7 Å². The van der Waals surface area contributed by atoms with Crippen LogP contribution in [-0.4, -0.2) is 58.7 Å². The summed E-state index contributed by atoms with van der Waals surface area (Å²) in [5, 5.41) is 4.51. The van der Waals surface area contributed by atoms with Crippen LogP contribution in [0.2, 0.25) is 5.02 Å². The van der Waals surface area contributed by atoms with Gasteiger partial charge in [-0.15, -0.1) is 0 Å². The van der Waals surface area contributed by atoms with E-state index in [1.165, 1.54) is 25.3 Å². The second kappa shape index (κ2) is 10.1. The molecule has 10 heteroatoms. The lowest BCUT2D eigenvalue weighted by atomic mass is 10.1. The molecule has 2 aromatic carbocycles. The van der Waals surface area contributed by atoms with Gasteiger partial charge in [-0.25, -0.2) is 13.8 Å². The maximum atomic E-state index is 13.4. The van der Waals surface area contributed by atoms with Crippen LogP contribution in [-0.2, 0) is 14.8 Å². The SMILES string of the molecule is COc1ccc(Cl)cc1N(CC(=O)NN=C1CCN(C)CC1)S(=O)(=O)c1ccccc1. The molecule has 0 saturated carbocycles. The van der Waals surface area contributed by atoms with Crippen LogP contribution in [0.15, 0.2) is 58.5 Å². The van der Waals surface area contributed by atoms with E-state index in [9.17, 15) is 13.2 Å². The second-order valence-electron chi connectivity index (χ2n) is 7.16. The molecule has 31 heavy (non-hydrogen) atoms. The monoisotopic (exact) mass is 464 g/mol. The number of hydrazone groups is 1. The fraction of sp³-hybridized carbons (Fsp3) is 0.333. The van der Waals surface area contributed by atoms with Gasteiger partial charge in [-0.05, 0) is 37.4 Å². The number of nitrogens with zero attached hydrogens (tertiary/aromatic N) is 3. The molecule has 1 fully saturated rings. The number of rotatable bonds is 7. The first-order valence-electron chi connectivity index (χ1n) is 9.75. The Morgan fingerprint density at radius 2 is 1.87 bits per heavy atom. The number of hydrogen-bond donors (Lipinski definition) is 1. The van der Waals surface area contributed by atoms with Gasteiger partial charge in [0.25, 0.3) is 15.9 Å². The van der Waals surface area contributed by atoms with Crippen LogP contribution in [0, 0.1) is 0 Å². The van der Waals surface area contributed by atoms with Crippen LogP contribution in [0.25, 0.3) is 0 Å². The molecule has 1 heterocycles. The van der Waals surface area contributed by atoms with Crippen LogP contribution in [0.1, 0.15) is 12.8 Å². The topological polar surface area (TPSA) is 91.3 Å². The van der Waals surface area contributed by atoms with Crippen molar-refractivity contribution in [3.8, 4) is 5.75 Å². The summed E-state index contributed by atoms with van der Waals surface area (Å²) in [5.41, 5.74) is 3.54. The highest BCUT2D eigenvalue weighted by Gasteiger charge is 2.29. The number of benzene rings is 2. The average molecular weight is 465 g/mol. The van der Waals surface area contributed by atoms with Crippen molar-refractivity contribution in [3.05, 3.63) is 53.6 Å². The van der Waals surface area contributed by atoms with Gasteiger partial charge in [0, 0.05) is 36.7 Å². The van der Waals surface area contributed by atoms with Crippen molar-refractivity contribution in [2.24, 2.45) is 5.10 Å². The Kier molecular flexibility index (Phi) is 7.53. The minimum Gasteiger partial charge on any atom is -0.495 e. The lowest BCUT2D eigenvalue weighted by Gasteiger charge is -2.26. The van der Waals surface area contributed by atoms with Crippen molar-refractivity contribution >= 4 is 38.9 Å². The molecule has 1 aliphatic heterocycles. The molecule has 0 aliphatic carbocycles. The van der Waals surface area contributed by atoms with E-state index in [1.807, 2.05) is 7.05 Å². The zero-order chi connectivity index (χ0) is 22.4. The summed E-state index contributed by atoms with van der Waals surface area (Å²) < 4.78 is 33.1. The summed E-state index contributed by atoms with van der Waals surface area (Å²) in [5.74, 6) is -0.286. The van der Waals surface area contributed by atoms with Crippen molar-refractivity contribution in [1.82, 2.24) is 10.3 Å². The maximum absolute atomic E-state index is 13.4. The van der Waals surface area contributed by atoms with E-state index in [-0.39, 0.29) is 16.3 Å². The molecule has 1 amide bonds. The van der Waals surface area contributed by atoms with Crippen molar-refractivity contribution in [3.63, 3.8) is 0 Å². The van der Waals surface area contributed by atoms with Crippen LogP contribution >= 0.6 is 11.6 Å². The van der Waals surface area contributed by atoms with Gasteiger partial charge >= 0.3 is 0 Å². The molecular formula is C21H25ClN4O4S. The molecule has 0 radical (unpaired) electrons. The fourth-order valence-corrected chi connectivity index (χ4v) is 4.78. The molecule has 2 aromatic rings. The van der Waals surface area contributed by atoms with Crippen molar-refractivity contribution < 1.29 is 17.9 Å². The maximum Gasteiger partial charge on any atom is 0.264 e. The summed E-state index contributed by atoms with van der Waals surface area (Å²) in [6.45, 7) is 1.25. The number of methoxy groups -OCH3 is 1. The smallest absolute Gasteiger partial charge is 0.264 e. The number of carbonyl (C=O) groups excluding carboxylic acids is 1. The summed E-state index contributed by atoms with van der Waals surface area (Å²) in [4.78, 5) is 14.9. The van der Waals surface area contributed by atoms with Crippen LogP contribution in [0.5, 0.6) is 5.75 Å². The number of halogens is 1. The first kappa shape index (κ1) is 23.1. The van der Waals surface area contributed by atoms with Gasteiger partial charge in [-0.1, -0.05) is 29.8 Å². The number of hydrogen-bond acceptors (Lipinski definition) is 6. The number of piperidine rings is 1. The van der Waals surface area contributed by atoms with Crippen molar-refractivity contribution in [1.29, 1.82) is 0 Å². The highest BCUT2D eigenvalue weighted by molar-refractivity contribution is 7.92. The average Bonchev–Trinajstić information content (AvgIpc) is 2.77. The van der Waals surface area contributed by atoms with Gasteiger partial charge in [0.05, 0.1) is 17.7 Å². The Bertz CT molecular complexity index is 1050. The Balaban J connectivity index is 1.91. The predicted octanol–water partition coefficient (Wildman–Crippen LogP) is 2.74. The van der Waals surface area contributed by atoms with Gasteiger partial charge in [-0.2, -0.15) is 5.10 Å². The molecule has 8 nitrogen and oxygen atoms in total. The summed E-state index contributed by atoms with van der Waals surface area (Å²) in [6, 6.07) is 12.5. The summed E-state index contributed by atoms with van der Waals surface area (Å²) in [6.07, 6.45) is 1.51. The van der Waals surface area contributed by atoms with Crippen LogP contribution < -0.4 is 14.5 Å². The number of anilines is 1. The highest BCUT2D eigenvalue weighted by Crippen LogP contribution is 2.34. The Morgan fingerprint density at radius 1 is 1.19 bits per heavy atom. The third-order valence-electron chi connectivity index (χ3n) is 4.93. The number of sulfonamides is 1. The van der Waals surface area contributed by atoms with E-state index in [0.29, 0.717) is 5.02 Å². The van der Waals surface area contributed by atoms with Gasteiger partial charge in [0.1, 0.15) is 12.3 Å². The van der Waals surface area contributed by atoms with E-state index in [4.69, 9.17) is 16.3 Å². The number of amides is 1. The lowest BCUT2D eigenvalue weighted by Crippen LogP contribution is -2.40. The normalized spacial score (nSPS) is 14.7. The van der Waals surface area contributed by atoms with E-state index >= 15 is 0 Å². The Labute approximate surface area is 187 Å². The van der Waals surface area contributed by atoms with Crippen LogP contribution in [0.3, 0.4) is 0 Å². The number of carbonyl (C=O) groups is 1. The second-order valence-corrected chi connectivity index (χ2v) is 9.46. The Hall–Kier alpha value is -2.62. The molecule has 166 valence electrons. The minimum absolute atomic E-state index is 0.0476. The molecule has 0 atom stereocenters. The molecule has 0 unspecified atom stereocenters. The van der Waals surface area contributed by atoms with Gasteiger partial charge in [-0.3, -0.25) is 9.10 Å². The first-order valence-corrected chi connectivity index (χ1v) is 11.6. The molecule has 1 saturated heterocycles. The standard InChI is InChI=1S/C21H25ClN4O4S/c1-25-12-10-17(11-13-25)23-24-21(27)15-26(19-14-16(22)8-9-20(19)30-2)31(28,29)18-6-4-3-5-7-18/h3-9,14H,10-13,15H2,1-2H3,(H,24,27). The minimum atomic E-state index is -4.07. The molecule has 0 bridgehead atoms. The number of likely N-dealkylation sites (tertiary alicyclic amines) is 1. The molecular weight excluding hydrogens is 440 g/mol. The molecule has 0 aromatic heterocycles. The fourth-order valence-electron chi connectivity index (χ4n) is 3.17. The van der Waals surface area contributed by atoms with Gasteiger partial charge < -0.3 is 9.64 Å². The van der Waals surface area contributed by atoms with E-state index in [2.05, 4.69) is 15.4 Å². The number of nitrogens with one attached hydrogen (secondary N) is 1. The zero-order valence-electron chi connectivity index (χ0n) is 17.4. The van der Waals surface area contributed by atoms with Gasteiger partial charge in [0.2, 0.25) is 0 Å². The lowest BCUT2D eigenvalue weighted by molar-refractivity contribution is -0.119. The van der Waals surface area contributed by atoms with Crippen molar-refractivity contribution in [2.75, 3.05) is 38.1 Å². The van der Waals surface area contributed by atoms with E-state index in [0.717, 1.165) is 35.9 Å². The molecule has 3 rings (SSSR count). The quantitative estimate of drug-likeness (QED) is 0.636. The van der Waals surface area contributed by atoms with Gasteiger partial charge in [0.15, 0.2) is 0 Å². The summed E-state index contributed by atoms with van der Waals surface area (Å²) in [7, 11) is -0.620. The first-order chi connectivity index (χ1) is 14.8. The third-order valence-corrected chi connectivity index (χ3v) is 6.94. The van der Waals surface area contributed by atoms with E-state index in [1.54, 1.807) is 30.3 Å². The highest BCUT2D eigenvalue weighted by atomic mass is 35.5. The Morgan fingerprint density at radius 3 is 2.52 bits per heavy atom. The zero-order valence-corrected chi connectivity index (χ0v) is 19.0. The number of ether oxygens (including phenoxy) is 1. The molecule has 1 aliphatic rings. The largest absolute Gasteiger partial charge is 0.495 e. The molecule has 1 N–H and O–H groups in total. The van der Waals surface area contributed by atoms with E-state index < -0.39 is 22.5 Å². The van der Waals surface area contributed by atoms with Crippen LogP contribution in [0.4, 0.5) is 5.69 Å². The molecule has 0 spiro atoms. The summed E-state index contributed by atoms with van der Waals surface area (Å²) >= 11 is 6.12. The third kappa shape index (κ3) is 5.75. The predicted molar refractivity (Wildman–Crippen MR) is 121 cm³/mol.